The highest BCUT2D eigenvalue weighted by Crippen LogP contribution is 2.66. The molecule has 0 spiro atoms. The second-order valence-electron chi connectivity index (χ2n) is 10.1. The molecule has 172 valence electrons. The van der Waals surface area contributed by atoms with E-state index in [1.807, 2.05) is 0 Å². The van der Waals surface area contributed by atoms with E-state index in [-0.39, 0.29) is 23.5 Å². The molecule has 30 heavy (non-hydrogen) atoms. The third-order valence-electron chi connectivity index (χ3n) is 7.65. The smallest absolute Gasteiger partial charge is 0.333 e. The van der Waals surface area contributed by atoms with Gasteiger partial charge in [-0.15, -0.1) is 0 Å². The summed E-state index contributed by atoms with van der Waals surface area (Å²) in [5.74, 6) is 0.730. The standard InChI is InChI=1S/C14H22O2.C12H22O2/c1-9(2)12(15)16-11-8-10-6-7-14(11,5)13(10,3)4;1-5-7-8-11(6-2)9-14-12(13)10(3)4/h10-11H,1,6-8H2,2-5H3;11H,3,5-9H2,1-2,4H3/t10-,11?,14-;/m1./s1. The summed E-state index contributed by atoms with van der Waals surface area (Å²) in [6.07, 6.45) is 8.21. The van der Waals surface area contributed by atoms with Crippen LogP contribution in [0.3, 0.4) is 0 Å². The Morgan fingerprint density at radius 1 is 1.07 bits per heavy atom. The number of carbonyl (C=O) groups excluding carboxylic acids is 2. The molecule has 2 saturated carbocycles. The lowest BCUT2D eigenvalue weighted by Gasteiger charge is -2.38. The van der Waals surface area contributed by atoms with Crippen molar-refractivity contribution in [1.29, 1.82) is 0 Å². The van der Waals surface area contributed by atoms with Crippen LogP contribution in [0.1, 0.15) is 93.4 Å². The van der Waals surface area contributed by atoms with Crippen molar-refractivity contribution in [1.82, 2.24) is 0 Å². The number of fused-ring (bicyclic) bond motifs is 2. The quantitative estimate of drug-likeness (QED) is 0.310. The number of carbonyl (C=O) groups is 2. The Morgan fingerprint density at radius 2 is 1.67 bits per heavy atom. The van der Waals surface area contributed by atoms with Crippen LogP contribution in [-0.2, 0) is 19.1 Å². The first-order chi connectivity index (χ1) is 13.9. The first-order valence-electron chi connectivity index (χ1n) is 11.6. The van der Waals surface area contributed by atoms with Crippen LogP contribution < -0.4 is 0 Å². The maximum Gasteiger partial charge on any atom is 0.333 e. The zero-order chi connectivity index (χ0) is 23.1. The maximum atomic E-state index is 11.6. The van der Waals surface area contributed by atoms with Gasteiger partial charge in [0.1, 0.15) is 6.10 Å². The number of ether oxygens (including phenoxy) is 2. The molecule has 2 unspecified atom stereocenters. The first kappa shape index (κ1) is 26.5. The Morgan fingerprint density at radius 3 is 2.07 bits per heavy atom. The van der Waals surface area contributed by atoms with Gasteiger partial charge in [-0.3, -0.25) is 0 Å². The van der Waals surface area contributed by atoms with Crippen molar-refractivity contribution < 1.29 is 19.1 Å². The lowest BCUT2D eigenvalue weighted by atomic mass is 9.70. The highest BCUT2D eigenvalue weighted by molar-refractivity contribution is 5.87. The predicted octanol–water partition coefficient (Wildman–Crippen LogP) is 6.64. The summed E-state index contributed by atoms with van der Waals surface area (Å²) in [7, 11) is 0. The van der Waals surface area contributed by atoms with Crippen LogP contribution in [0, 0.1) is 22.7 Å². The molecule has 0 aromatic heterocycles. The van der Waals surface area contributed by atoms with Gasteiger partial charge < -0.3 is 9.47 Å². The highest BCUT2D eigenvalue weighted by atomic mass is 16.5. The van der Waals surface area contributed by atoms with Crippen LogP contribution in [0.2, 0.25) is 0 Å². The largest absolute Gasteiger partial charge is 0.462 e. The third kappa shape index (κ3) is 6.21. The molecule has 0 N–H and O–H groups in total. The molecular formula is C26H44O4. The van der Waals surface area contributed by atoms with E-state index in [0.717, 1.165) is 19.3 Å². The van der Waals surface area contributed by atoms with Crippen LogP contribution in [0.5, 0.6) is 0 Å². The van der Waals surface area contributed by atoms with Gasteiger partial charge in [-0.25, -0.2) is 9.59 Å². The number of hydrogen-bond donors (Lipinski definition) is 0. The van der Waals surface area contributed by atoms with Crippen LogP contribution in [0.25, 0.3) is 0 Å². The molecule has 0 aromatic carbocycles. The fourth-order valence-electron chi connectivity index (χ4n) is 4.75. The van der Waals surface area contributed by atoms with E-state index < -0.39 is 0 Å². The maximum absolute atomic E-state index is 11.6. The van der Waals surface area contributed by atoms with Crippen molar-refractivity contribution >= 4 is 11.9 Å². The summed E-state index contributed by atoms with van der Waals surface area (Å²) < 4.78 is 10.7. The van der Waals surface area contributed by atoms with Crippen molar-refractivity contribution in [3.8, 4) is 0 Å². The van der Waals surface area contributed by atoms with Gasteiger partial charge in [0.05, 0.1) is 6.61 Å². The summed E-state index contributed by atoms with van der Waals surface area (Å²) in [6.45, 7) is 22.3. The minimum Gasteiger partial charge on any atom is -0.462 e. The van der Waals surface area contributed by atoms with Crippen molar-refractivity contribution in [3.05, 3.63) is 24.3 Å². The molecule has 0 heterocycles. The summed E-state index contributed by atoms with van der Waals surface area (Å²) in [4.78, 5) is 22.7. The predicted molar refractivity (Wildman–Crippen MR) is 123 cm³/mol. The number of esters is 2. The van der Waals surface area contributed by atoms with E-state index in [1.165, 1.54) is 25.7 Å². The summed E-state index contributed by atoms with van der Waals surface area (Å²) in [5.41, 5.74) is 1.44. The van der Waals surface area contributed by atoms with E-state index in [2.05, 4.69) is 47.8 Å². The average molecular weight is 421 g/mol. The molecule has 0 saturated heterocycles. The lowest BCUT2D eigenvalue weighted by molar-refractivity contribution is -0.152. The Labute approximate surface area is 184 Å². The normalized spacial score (nSPS) is 26.9. The fourth-order valence-corrected chi connectivity index (χ4v) is 4.75. The SMILES string of the molecule is C=C(C)C(=O)OC1C[C@H]2CC[C@@]1(C)C2(C)C.C=C(C)C(=O)OCC(CC)CCCC. The van der Waals surface area contributed by atoms with E-state index in [4.69, 9.17) is 9.47 Å². The molecule has 0 aromatic rings. The van der Waals surface area contributed by atoms with Gasteiger partial charge in [0.15, 0.2) is 0 Å². The zero-order valence-electron chi connectivity index (χ0n) is 20.4. The average Bonchev–Trinajstić information content (AvgIpc) is 3.01. The summed E-state index contributed by atoms with van der Waals surface area (Å²) >= 11 is 0. The Kier molecular flexibility index (Phi) is 9.84. The van der Waals surface area contributed by atoms with Gasteiger partial charge in [0.25, 0.3) is 0 Å². The topological polar surface area (TPSA) is 52.6 Å². The Hall–Kier alpha value is -1.58. The molecule has 2 bridgehead atoms. The molecule has 0 radical (unpaired) electrons. The number of unbranched alkanes of at least 4 members (excludes halogenated alkanes) is 1. The summed E-state index contributed by atoms with van der Waals surface area (Å²) in [5, 5.41) is 0. The highest BCUT2D eigenvalue weighted by Gasteiger charge is 2.62. The van der Waals surface area contributed by atoms with E-state index in [0.29, 0.717) is 35.0 Å². The molecular weight excluding hydrogens is 376 g/mol. The minimum absolute atomic E-state index is 0.0884. The second-order valence-corrected chi connectivity index (χ2v) is 10.1. The second kappa shape index (κ2) is 11.2. The van der Waals surface area contributed by atoms with Gasteiger partial charge >= 0.3 is 11.9 Å². The van der Waals surface area contributed by atoms with E-state index >= 15 is 0 Å². The molecule has 2 rings (SSSR count). The Balaban J connectivity index is 0.000000304. The van der Waals surface area contributed by atoms with Crippen LogP contribution in [0.15, 0.2) is 24.3 Å². The molecule has 2 aliphatic rings. The first-order valence-corrected chi connectivity index (χ1v) is 11.6. The van der Waals surface area contributed by atoms with Gasteiger partial charge in [0, 0.05) is 16.6 Å². The van der Waals surface area contributed by atoms with Crippen LogP contribution in [-0.4, -0.2) is 24.6 Å². The Bertz CT molecular complexity index is 633. The van der Waals surface area contributed by atoms with Gasteiger partial charge in [-0.2, -0.15) is 0 Å². The zero-order valence-corrected chi connectivity index (χ0v) is 20.4. The monoisotopic (exact) mass is 420 g/mol. The summed E-state index contributed by atoms with van der Waals surface area (Å²) in [6, 6.07) is 0. The van der Waals surface area contributed by atoms with Gasteiger partial charge in [0.2, 0.25) is 0 Å². The van der Waals surface area contributed by atoms with Crippen molar-refractivity contribution in [2.24, 2.45) is 22.7 Å². The van der Waals surface area contributed by atoms with Crippen LogP contribution >= 0.6 is 0 Å². The van der Waals surface area contributed by atoms with E-state index in [1.54, 1.807) is 13.8 Å². The third-order valence-corrected chi connectivity index (χ3v) is 7.65. The fraction of sp³-hybridized carbons (Fsp3) is 0.769. The molecule has 2 aliphatic carbocycles. The van der Waals surface area contributed by atoms with Gasteiger partial charge in [-0.05, 0) is 56.8 Å². The van der Waals surface area contributed by atoms with Crippen molar-refractivity contribution in [3.63, 3.8) is 0 Å². The lowest BCUT2D eigenvalue weighted by Crippen LogP contribution is -2.38. The molecule has 4 atom stereocenters. The van der Waals surface area contributed by atoms with Crippen molar-refractivity contribution in [2.45, 2.75) is 99.5 Å². The molecule has 4 heteroatoms. The van der Waals surface area contributed by atoms with Gasteiger partial charge in [-0.1, -0.05) is 67.0 Å². The minimum atomic E-state index is -0.264. The number of rotatable bonds is 9. The number of hydrogen-bond acceptors (Lipinski definition) is 4. The molecule has 0 aliphatic heterocycles. The molecule has 2 fully saturated rings. The van der Waals surface area contributed by atoms with Crippen LogP contribution in [0.4, 0.5) is 0 Å². The molecule has 4 nitrogen and oxygen atoms in total. The molecule has 0 amide bonds. The van der Waals surface area contributed by atoms with E-state index in [9.17, 15) is 9.59 Å². The van der Waals surface area contributed by atoms with Crippen molar-refractivity contribution in [2.75, 3.05) is 6.61 Å².